The van der Waals surface area contributed by atoms with Crippen molar-refractivity contribution in [2.75, 3.05) is 11.9 Å². The number of nitrogens with zero attached hydrogens (tertiary/aromatic N) is 2. The molecule has 20 heavy (non-hydrogen) atoms. The number of anilines is 2. The van der Waals surface area contributed by atoms with E-state index in [1.165, 1.54) is 0 Å². The van der Waals surface area contributed by atoms with Gasteiger partial charge in [0.25, 0.3) is 0 Å². The van der Waals surface area contributed by atoms with Gasteiger partial charge in [0.2, 0.25) is 5.89 Å². The topological polar surface area (TPSA) is 63.0 Å². The summed E-state index contributed by atoms with van der Waals surface area (Å²) >= 11 is 6.90. The summed E-state index contributed by atoms with van der Waals surface area (Å²) in [6.45, 7) is 5.04. The van der Waals surface area contributed by atoms with Gasteiger partial charge in [-0.05, 0) is 54.0 Å². The van der Waals surface area contributed by atoms with Gasteiger partial charge in [0.1, 0.15) is 0 Å². The van der Waals surface area contributed by atoms with E-state index in [1.54, 1.807) is 0 Å². The second kappa shape index (κ2) is 7.19. The van der Waals surface area contributed by atoms with Gasteiger partial charge >= 0.3 is 6.01 Å². The van der Waals surface area contributed by atoms with E-state index in [-0.39, 0.29) is 6.04 Å². The Kier molecular flexibility index (Phi) is 5.56. The lowest BCUT2D eigenvalue weighted by molar-refractivity contribution is 0.424. The molecule has 2 rings (SSSR count). The second-order valence-corrected chi connectivity index (χ2v) is 6.14. The first kappa shape index (κ1) is 15.5. The number of benzene rings is 1. The number of rotatable bonds is 6. The number of hydrogen-bond donors (Lipinski definition) is 2. The molecule has 1 heterocycles. The van der Waals surface area contributed by atoms with E-state index < -0.39 is 0 Å². The van der Waals surface area contributed by atoms with Crippen LogP contribution in [-0.4, -0.2) is 16.7 Å². The van der Waals surface area contributed by atoms with E-state index in [2.05, 4.69) is 59.6 Å². The van der Waals surface area contributed by atoms with Crippen LogP contribution in [0.2, 0.25) is 0 Å². The van der Waals surface area contributed by atoms with Crippen molar-refractivity contribution in [3.05, 3.63) is 33.0 Å². The maximum absolute atomic E-state index is 5.61. The first-order chi connectivity index (χ1) is 9.60. The number of nitrogens with one attached hydrogen (secondary N) is 2. The standard InChI is InChI=1S/C13H16Br2N4O/c1-3-6-16-8(2)12-18-19-13(20-12)17-11-7-9(14)4-5-10(11)15/h4-5,7-8,16H,3,6H2,1-2H3,(H,17,19). The number of halogens is 2. The second-order valence-electron chi connectivity index (χ2n) is 4.37. The fourth-order valence-corrected chi connectivity index (χ4v) is 2.32. The molecule has 1 aromatic carbocycles. The Bertz CT molecular complexity index is 573. The number of hydrogen-bond acceptors (Lipinski definition) is 5. The minimum absolute atomic E-state index is 0.0453. The van der Waals surface area contributed by atoms with Crippen molar-refractivity contribution in [2.45, 2.75) is 26.3 Å². The quantitative estimate of drug-likeness (QED) is 0.748. The highest BCUT2D eigenvalue weighted by atomic mass is 79.9. The molecule has 2 aromatic rings. The van der Waals surface area contributed by atoms with Crippen molar-refractivity contribution in [3.8, 4) is 0 Å². The Hall–Kier alpha value is -0.920. The molecule has 0 fully saturated rings. The molecule has 0 amide bonds. The Balaban J connectivity index is 2.07. The predicted molar refractivity (Wildman–Crippen MR) is 86.1 cm³/mol. The molecule has 0 aliphatic heterocycles. The van der Waals surface area contributed by atoms with Crippen LogP contribution in [0, 0.1) is 0 Å². The molecular weight excluding hydrogens is 388 g/mol. The largest absolute Gasteiger partial charge is 0.406 e. The van der Waals surface area contributed by atoms with Gasteiger partial charge in [-0.2, -0.15) is 0 Å². The molecule has 1 unspecified atom stereocenters. The summed E-state index contributed by atoms with van der Waals surface area (Å²) in [6, 6.07) is 6.25. The van der Waals surface area contributed by atoms with Gasteiger partial charge in [-0.15, -0.1) is 5.10 Å². The molecular formula is C13H16Br2N4O. The van der Waals surface area contributed by atoms with Gasteiger partial charge < -0.3 is 15.1 Å². The Morgan fingerprint density at radius 3 is 2.85 bits per heavy atom. The van der Waals surface area contributed by atoms with Gasteiger partial charge in [-0.25, -0.2) is 0 Å². The zero-order valence-electron chi connectivity index (χ0n) is 11.3. The van der Waals surface area contributed by atoms with Crippen LogP contribution in [0.3, 0.4) is 0 Å². The van der Waals surface area contributed by atoms with E-state index in [0.717, 1.165) is 27.6 Å². The molecule has 0 saturated heterocycles. The zero-order chi connectivity index (χ0) is 14.5. The normalized spacial score (nSPS) is 12.4. The predicted octanol–water partition coefficient (Wildman–Crippen LogP) is 4.40. The van der Waals surface area contributed by atoms with E-state index >= 15 is 0 Å². The SMILES string of the molecule is CCCNC(C)c1nnc(Nc2cc(Br)ccc2Br)o1. The molecule has 0 bridgehead atoms. The summed E-state index contributed by atoms with van der Waals surface area (Å²) in [4.78, 5) is 0. The van der Waals surface area contributed by atoms with E-state index in [4.69, 9.17) is 4.42 Å². The Morgan fingerprint density at radius 1 is 1.30 bits per heavy atom. The fourth-order valence-electron chi connectivity index (χ4n) is 1.62. The molecule has 0 aliphatic rings. The highest BCUT2D eigenvalue weighted by Gasteiger charge is 2.13. The van der Waals surface area contributed by atoms with Crippen LogP contribution in [0.4, 0.5) is 11.7 Å². The zero-order valence-corrected chi connectivity index (χ0v) is 14.5. The summed E-state index contributed by atoms with van der Waals surface area (Å²) in [5.74, 6) is 0.576. The van der Waals surface area contributed by atoms with Crippen molar-refractivity contribution in [1.82, 2.24) is 15.5 Å². The lowest BCUT2D eigenvalue weighted by atomic mass is 10.3. The van der Waals surface area contributed by atoms with Gasteiger partial charge in [-0.1, -0.05) is 28.0 Å². The molecule has 7 heteroatoms. The average Bonchev–Trinajstić information content (AvgIpc) is 2.89. The van der Waals surface area contributed by atoms with Crippen molar-refractivity contribution in [2.24, 2.45) is 0 Å². The molecule has 0 spiro atoms. The highest BCUT2D eigenvalue weighted by Crippen LogP contribution is 2.28. The molecule has 0 radical (unpaired) electrons. The van der Waals surface area contributed by atoms with Crippen LogP contribution < -0.4 is 10.6 Å². The lowest BCUT2D eigenvalue weighted by Crippen LogP contribution is -2.19. The minimum atomic E-state index is 0.0453. The minimum Gasteiger partial charge on any atom is -0.406 e. The average molecular weight is 404 g/mol. The Morgan fingerprint density at radius 2 is 2.10 bits per heavy atom. The van der Waals surface area contributed by atoms with Crippen molar-refractivity contribution in [1.29, 1.82) is 0 Å². The first-order valence-electron chi connectivity index (χ1n) is 6.39. The van der Waals surface area contributed by atoms with Gasteiger partial charge in [0.05, 0.1) is 11.7 Å². The van der Waals surface area contributed by atoms with Crippen LogP contribution in [0.1, 0.15) is 32.2 Å². The van der Waals surface area contributed by atoms with Crippen LogP contribution in [0.25, 0.3) is 0 Å². The molecule has 108 valence electrons. The van der Waals surface area contributed by atoms with Crippen molar-refractivity contribution in [3.63, 3.8) is 0 Å². The van der Waals surface area contributed by atoms with Crippen LogP contribution in [-0.2, 0) is 0 Å². The third-order valence-corrected chi connectivity index (χ3v) is 3.87. The van der Waals surface area contributed by atoms with Gasteiger partial charge in [-0.3, -0.25) is 0 Å². The molecule has 1 aromatic heterocycles. The van der Waals surface area contributed by atoms with E-state index in [9.17, 15) is 0 Å². The third-order valence-electron chi connectivity index (χ3n) is 2.68. The summed E-state index contributed by atoms with van der Waals surface area (Å²) in [6.07, 6.45) is 1.06. The fraction of sp³-hybridized carbons (Fsp3) is 0.385. The number of aromatic nitrogens is 2. The van der Waals surface area contributed by atoms with Crippen LogP contribution in [0.15, 0.2) is 31.6 Å². The monoisotopic (exact) mass is 402 g/mol. The summed E-state index contributed by atoms with van der Waals surface area (Å²) < 4.78 is 7.51. The molecule has 0 saturated carbocycles. The summed E-state index contributed by atoms with van der Waals surface area (Å²) in [7, 11) is 0. The van der Waals surface area contributed by atoms with E-state index in [0.29, 0.717) is 11.9 Å². The molecule has 5 nitrogen and oxygen atoms in total. The van der Waals surface area contributed by atoms with E-state index in [1.807, 2.05) is 25.1 Å². The lowest BCUT2D eigenvalue weighted by Gasteiger charge is -2.08. The maximum Gasteiger partial charge on any atom is 0.320 e. The summed E-state index contributed by atoms with van der Waals surface area (Å²) in [5.41, 5.74) is 0.865. The summed E-state index contributed by atoms with van der Waals surface area (Å²) in [5, 5.41) is 14.5. The van der Waals surface area contributed by atoms with Gasteiger partial charge in [0, 0.05) is 8.95 Å². The first-order valence-corrected chi connectivity index (χ1v) is 7.97. The molecule has 1 atom stereocenters. The maximum atomic E-state index is 5.61. The van der Waals surface area contributed by atoms with Crippen molar-refractivity contribution >= 4 is 43.6 Å². The van der Waals surface area contributed by atoms with Crippen molar-refractivity contribution < 1.29 is 4.42 Å². The third kappa shape index (κ3) is 4.04. The highest BCUT2D eigenvalue weighted by molar-refractivity contribution is 9.11. The smallest absolute Gasteiger partial charge is 0.320 e. The molecule has 0 aliphatic carbocycles. The van der Waals surface area contributed by atoms with Gasteiger partial charge in [0.15, 0.2) is 0 Å². The molecule has 2 N–H and O–H groups in total. The van der Waals surface area contributed by atoms with Crippen LogP contribution >= 0.6 is 31.9 Å². The van der Waals surface area contributed by atoms with Crippen LogP contribution in [0.5, 0.6) is 0 Å². The Labute approximate surface area is 134 Å².